The third kappa shape index (κ3) is 1.89. The molecule has 0 N–H and O–H groups in total. The smallest absolute Gasteiger partial charge is 0.113 e. The van der Waals surface area contributed by atoms with Crippen LogP contribution in [0.4, 0.5) is 0 Å². The molecule has 2 heteroatoms. The van der Waals surface area contributed by atoms with Gasteiger partial charge in [0, 0.05) is 0 Å². The van der Waals surface area contributed by atoms with Gasteiger partial charge in [-0.3, -0.25) is 0 Å². The largest absolute Gasteiger partial charge is 0.616 e. The molecule has 0 radical (unpaired) electrons. The summed E-state index contributed by atoms with van der Waals surface area (Å²) in [6.45, 7) is 4.34. The second kappa shape index (κ2) is 3.63. The standard InChI is InChI=1S/C8H16OS/c1-3-8-4-5-10(9)7(2)6-8/h7-8H,3-6H2,1-2H3. The van der Waals surface area contributed by atoms with E-state index in [2.05, 4.69) is 13.8 Å². The predicted molar refractivity (Wildman–Crippen MR) is 45.5 cm³/mol. The Kier molecular flexibility index (Phi) is 3.05. The molecule has 3 atom stereocenters. The Balaban J connectivity index is 2.33. The molecule has 60 valence electrons. The minimum atomic E-state index is -0.507. The zero-order chi connectivity index (χ0) is 7.56. The van der Waals surface area contributed by atoms with Gasteiger partial charge in [-0.1, -0.05) is 24.5 Å². The number of rotatable bonds is 1. The molecule has 0 bridgehead atoms. The van der Waals surface area contributed by atoms with E-state index in [9.17, 15) is 4.55 Å². The van der Waals surface area contributed by atoms with Crippen molar-refractivity contribution < 1.29 is 4.55 Å². The van der Waals surface area contributed by atoms with Crippen LogP contribution in [0.1, 0.15) is 33.1 Å². The first-order valence-electron chi connectivity index (χ1n) is 4.11. The molecule has 1 aliphatic rings. The molecule has 0 aromatic heterocycles. The minimum Gasteiger partial charge on any atom is -0.616 e. The van der Waals surface area contributed by atoms with Gasteiger partial charge >= 0.3 is 0 Å². The van der Waals surface area contributed by atoms with Gasteiger partial charge in [0.2, 0.25) is 0 Å². The monoisotopic (exact) mass is 160 g/mol. The third-order valence-electron chi connectivity index (χ3n) is 2.42. The van der Waals surface area contributed by atoms with Crippen LogP contribution in [0.25, 0.3) is 0 Å². The molecule has 0 aliphatic carbocycles. The van der Waals surface area contributed by atoms with Crippen LogP contribution < -0.4 is 0 Å². The highest BCUT2D eigenvalue weighted by molar-refractivity contribution is 7.92. The Morgan fingerprint density at radius 1 is 1.60 bits per heavy atom. The molecule has 1 nitrogen and oxygen atoms in total. The molecule has 1 rings (SSSR count). The molecule has 0 amide bonds. The van der Waals surface area contributed by atoms with E-state index in [1.807, 2.05) is 0 Å². The Morgan fingerprint density at radius 2 is 2.30 bits per heavy atom. The number of hydrogen-bond donors (Lipinski definition) is 0. The quantitative estimate of drug-likeness (QED) is 0.538. The summed E-state index contributed by atoms with van der Waals surface area (Å²) in [6.07, 6.45) is 3.64. The molecule has 1 aliphatic heterocycles. The first-order valence-corrected chi connectivity index (χ1v) is 5.49. The van der Waals surface area contributed by atoms with E-state index in [1.165, 1.54) is 19.3 Å². The van der Waals surface area contributed by atoms with Crippen molar-refractivity contribution in [1.82, 2.24) is 0 Å². The van der Waals surface area contributed by atoms with E-state index in [0.29, 0.717) is 5.25 Å². The van der Waals surface area contributed by atoms with Crippen LogP contribution in [0, 0.1) is 5.92 Å². The van der Waals surface area contributed by atoms with Gasteiger partial charge in [0.05, 0.1) is 0 Å². The van der Waals surface area contributed by atoms with Gasteiger partial charge in [0.1, 0.15) is 11.0 Å². The fourth-order valence-electron chi connectivity index (χ4n) is 1.55. The highest BCUT2D eigenvalue weighted by atomic mass is 32.2. The van der Waals surface area contributed by atoms with Crippen molar-refractivity contribution >= 4 is 11.2 Å². The minimum absolute atomic E-state index is 0.457. The fraction of sp³-hybridized carbons (Fsp3) is 1.00. The maximum absolute atomic E-state index is 11.2. The van der Waals surface area contributed by atoms with E-state index in [1.54, 1.807) is 0 Å². The predicted octanol–water partition coefficient (Wildman–Crippen LogP) is 1.94. The lowest BCUT2D eigenvalue weighted by molar-refractivity contribution is 0.422. The maximum atomic E-state index is 11.2. The maximum Gasteiger partial charge on any atom is 0.113 e. The summed E-state index contributed by atoms with van der Waals surface area (Å²) in [7, 11) is 0. The van der Waals surface area contributed by atoms with Gasteiger partial charge in [-0.25, -0.2) is 0 Å². The van der Waals surface area contributed by atoms with Crippen molar-refractivity contribution in [3.05, 3.63) is 0 Å². The summed E-state index contributed by atoms with van der Waals surface area (Å²) in [5.74, 6) is 1.80. The summed E-state index contributed by atoms with van der Waals surface area (Å²) in [5.41, 5.74) is 0. The Hall–Kier alpha value is 0.310. The van der Waals surface area contributed by atoms with Gasteiger partial charge in [0.15, 0.2) is 0 Å². The van der Waals surface area contributed by atoms with Crippen LogP contribution in [-0.2, 0) is 11.2 Å². The molecule has 0 aromatic rings. The third-order valence-corrected chi connectivity index (χ3v) is 4.15. The molecular formula is C8H16OS. The molecule has 0 saturated carbocycles. The molecule has 1 saturated heterocycles. The van der Waals surface area contributed by atoms with E-state index in [4.69, 9.17) is 0 Å². The van der Waals surface area contributed by atoms with Gasteiger partial charge in [-0.15, -0.1) is 0 Å². The Morgan fingerprint density at radius 3 is 2.80 bits per heavy atom. The second-order valence-corrected chi connectivity index (χ2v) is 5.17. The zero-order valence-electron chi connectivity index (χ0n) is 6.80. The second-order valence-electron chi connectivity index (χ2n) is 3.19. The van der Waals surface area contributed by atoms with Gasteiger partial charge in [-0.05, 0) is 25.7 Å². The van der Waals surface area contributed by atoms with E-state index in [-0.39, 0.29) is 0 Å². The van der Waals surface area contributed by atoms with Crippen LogP contribution in [-0.4, -0.2) is 15.6 Å². The molecule has 3 unspecified atom stereocenters. The highest BCUT2D eigenvalue weighted by Gasteiger charge is 2.27. The summed E-state index contributed by atoms with van der Waals surface area (Å²) < 4.78 is 11.2. The van der Waals surface area contributed by atoms with Gasteiger partial charge in [0.25, 0.3) is 0 Å². The number of hydrogen-bond acceptors (Lipinski definition) is 1. The molecule has 0 spiro atoms. The Bertz CT molecular complexity index is 105. The van der Waals surface area contributed by atoms with Crippen molar-refractivity contribution in [2.24, 2.45) is 5.92 Å². The lowest BCUT2D eigenvalue weighted by atomic mass is 9.97. The van der Waals surface area contributed by atoms with E-state index >= 15 is 0 Å². The zero-order valence-corrected chi connectivity index (χ0v) is 7.62. The van der Waals surface area contributed by atoms with Crippen molar-refractivity contribution in [1.29, 1.82) is 0 Å². The first-order chi connectivity index (χ1) is 4.74. The summed E-state index contributed by atoms with van der Waals surface area (Å²) in [6, 6.07) is 0. The molecule has 1 heterocycles. The summed E-state index contributed by atoms with van der Waals surface area (Å²) in [5, 5.41) is 0.457. The Labute approximate surface area is 66.4 Å². The van der Waals surface area contributed by atoms with E-state index < -0.39 is 11.2 Å². The normalized spacial score (nSPS) is 41.7. The van der Waals surface area contributed by atoms with Gasteiger partial charge < -0.3 is 4.55 Å². The van der Waals surface area contributed by atoms with Crippen LogP contribution in [0.5, 0.6) is 0 Å². The van der Waals surface area contributed by atoms with Crippen LogP contribution in [0.3, 0.4) is 0 Å². The van der Waals surface area contributed by atoms with Crippen molar-refractivity contribution in [2.45, 2.75) is 38.4 Å². The lowest BCUT2D eigenvalue weighted by Gasteiger charge is -2.28. The average Bonchev–Trinajstić information content (AvgIpc) is 1.95. The van der Waals surface area contributed by atoms with Crippen LogP contribution >= 0.6 is 0 Å². The molecular weight excluding hydrogens is 144 g/mol. The average molecular weight is 160 g/mol. The molecule has 1 fully saturated rings. The topological polar surface area (TPSA) is 23.1 Å². The highest BCUT2D eigenvalue weighted by Crippen LogP contribution is 2.26. The van der Waals surface area contributed by atoms with Crippen molar-refractivity contribution in [3.8, 4) is 0 Å². The fourth-order valence-corrected chi connectivity index (χ4v) is 3.00. The SMILES string of the molecule is CCC1CC[S+]([O-])C(C)C1. The lowest BCUT2D eigenvalue weighted by Crippen LogP contribution is -2.30. The molecule has 10 heavy (non-hydrogen) atoms. The van der Waals surface area contributed by atoms with Crippen LogP contribution in [0.2, 0.25) is 0 Å². The van der Waals surface area contributed by atoms with Gasteiger partial charge in [-0.2, -0.15) is 0 Å². The molecule has 0 aromatic carbocycles. The van der Waals surface area contributed by atoms with Crippen LogP contribution in [0.15, 0.2) is 0 Å². The van der Waals surface area contributed by atoms with Crippen molar-refractivity contribution in [2.75, 3.05) is 5.75 Å². The summed E-state index contributed by atoms with van der Waals surface area (Å²) >= 11 is -0.507. The van der Waals surface area contributed by atoms with E-state index in [0.717, 1.165) is 11.7 Å². The van der Waals surface area contributed by atoms with Crippen molar-refractivity contribution in [3.63, 3.8) is 0 Å². The first kappa shape index (κ1) is 8.41. The summed E-state index contributed by atoms with van der Waals surface area (Å²) in [4.78, 5) is 0.